The number of benzene rings is 1. The molecular formula is C22H31N. The van der Waals surface area contributed by atoms with E-state index in [2.05, 4.69) is 81.6 Å². The van der Waals surface area contributed by atoms with Crippen molar-refractivity contribution >= 4 is 0 Å². The summed E-state index contributed by atoms with van der Waals surface area (Å²) in [5.41, 5.74) is 5.61. The van der Waals surface area contributed by atoms with Crippen LogP contribution in [-0.2, 0) is 6.42 Å². The smallest absolute Gasteiger partial charge is 0.0542 e. The Morgan fingerprint density at radius 2 is 1.61 bits per heavy atom. The molecule has 0 radical (unpaired) electrons. The summed E-state index contributed by atoms with van der Waals surface area (Å²) >= 11 is 0. The number of rotatable bonds is 4. The largest absolute Gasteiger partial charge is 0.381 e. The Bertz CT molecular complexity index is 574. The molecule has 1 aromatic carbocycles. The third-order valence-electron chi connectivity index (χ3n) is 4.36. The SMILES string of the molecule is CCCC1=CC2C=C(C)C=CC2N1.CCCc1ccc(C)cc1. The molecule has 1 heterocycles. The normalized spacial score (nSPS) is 21.6. The molecule has 2 aliphatic rings. The number of nitrogens with one attached hydrogen (secondary N) is 1. The average Bonchev–Trinajstić information content (AvgIpc) is 2.92. The van der Waals surface area contributed by atoms with Crippen LogP contribution >= 0.6 is 0 Å². The fraction of sp³-hybridized carbons (Fsp3) is 0.455. The monoisotopic (exact) mass is 309 g/mol. The minimum Gasteiger partial charge on any atom is -0.381 e. The minimum absolute atomic E-state index is 0.533. The lowest BCUT2D eigenvalue weighted by molar-refractivity contribution is 0.622. The third kappa shape index (κ3) is 5.42. The molecule has 0 aromatic heterocycles. The van der Waals surface area contributed by atoms with E-state index in [1.54, 1.807) is 0 Å². The second-order valence-corrected chi connectivity index (χ2v) is 6.69. The Hall–Kier alpha value is -1.76. The van der Waals surface area contributed by atoms with Crippen molar-refractivity contribution < 1.29 is 0 Å². The molecule has 23 heavy (non-hydrogen) atoms. The number of aryl methyl sites for hydroxylation is 2. The van der Waals surface area contributed by atoms with Crippen LogP contribution in [0.1, 0.15) is 51.2 Å². The summed E-state index contributed by atoms with van der Waals surface area (Å²) in [6.07, 6.45) is 14.1. The number of fused-ring (bicyclic) bond motifs is 1. The second kappa shape index (κ2) is 8.76. The van der Waals surface area contributed by atoms with E-state index in [9.17, 15) is 0 Å². The standard InChI is InChI=1S/C12H17N.C10H14/c1-3-4-11-8-10-7-9(2)5-6-12(10)13-11;1-3-4-10-7-5-9(2)6-8-10/h5-8,10,12-13H,3-4H2,1-2H3;5-8H,3-4H2,1-2H3. The Morgan fingerprint density at radius 3 is 2.26 bits per heavy atom. The van der Waals surface area contributed by atoms with Crippen molar-refractivity contribution in [2.45, 2.75) is 59.4 Å². The van der Waals surface area contributed by atoms with Gasteiger partial charge in [-0.05, 0) is 32.3 Å². The second-order valence-electron chi connectivity index (χ2n) is 6.69. The van der Waals surface area contributed by atoms with Gasteiger partial charge < -0.3 is 5.32 Å². The molecule has 0 spiro atoms. The maximum absolute atomic E-state index is 3.54. The lowest BCUT2D eigenvalue weighted by Gasteiger charge is -2.17. The Kier molecular flexibility index (Phi) is 6.70. The highest BCUT2D eigenvalue weighted by Gasteiger charge is 2.24. The Morgan fingerprint density at radius 1 is 0.913 bits per heavy atom. The molecule has 1 N–H and O–H groups in total. The van der Waals surface area contributed by atoms with E-state index in [-0.39, 0.29) is 0 Å². The van der Waals surface area contributed by atoms with Crippen molar-refractivity contribution in [3.8, 4) is 0 Å². The number of hydrogen-bond acceptors (Lipinski definition) is 1. The van der Waals surface area contributed by atoms with Crippen molar-refractivity contribution in [3.63, 3.8) is 0 Å². The van der Waals surface area contributed by atoms with Gasteiger partial charge in [0.25, 0.3) is 0 Å². The van der Waals surface area contributed by atoms with E-state index < -0.39 is 0 Å². The summed E-state index contributed by atoms with van der Waals surface area (Å²) in [5.74, 6) is 0.603. The van der Waals surface area contributed by atoms with Gasteiger partial charge in [-0.2, -0.15) is 0 Å². The quantitative estimate of drug-likeness (QED) is 0.750. The molecule has 0 bridgehead atoms. The first-order valence-electron chi connectivity index (χ1n) is 9.01. The van der Waals surface area contributed by atoms with Crippen LogP contribution in [0, 0.1) is 12.8 Å². The van der Waals surface area contributed by atoms with Crippen LogP contribution in [0.5, 0.6) is 0 Å². The maximum Gasteiger partial charge on any atom is 0.0542 e. The van der Waals surface area contributed by atoms with E-state index in [1.165, 1.54) is 48.1 Å². The Balaban J connectivity index is 0.000000174. The molecule has 2 unspecified atom stereocenters. The molecule has 1 aliphatic heterocycles. The summed E-state index contributed by atoms with van der Waals surface area (Å²) in [5, 5.41) is 3.54. The van der Waals surface area contributed by atoms with Crippen LogP contribution in [0.25, 0.3) is 0 Å². The predicted molar refractivity (Wildman–Crippen MR) is 101 cm³/mol. The van der Waals surface area contributed by atoms with E-state index in [1.807, 2.05) is 0 Å². The van der Waals surface area contributed by atoms with Crippen LogP contribution < -0.4 is 5.32 Å². The average molecular weight is 309 g/mol. The first-order chi connectivity index (χ1) is 11.1. The van der Waals surface area contributed by atoms with Gasteiger partial charge >= 0.3 is 0 Å². The van der Waals surface area contributed by atoms with Gasteiger partial charge in [-0.15, -0.1) is 0 Å². The minimum atomic E-state index is 0.533. The summed E-state index contributed by atoms with van der Waals surface area (Å²) in [4.78, 5) is 0. The molecular weight excluding hydrogens is 278 g/mol. The van der Waals surface area contributed by atoms with Crippen molar-refractivity contribution in [1.82, 2.24) is 5.32 Å². The number of allylic oxidation sites excluding steroid dienone is 3. The van der Waals surface area contributed by atoms with Crippen molar-refractivity contribution in [2.24, 2.45) is 5.92 Å². The lowest BCUT2D eigenvalue weighted by atomic mass is 9.94. The van der Waals surface area contributed by atoms with Gasteiger partial charge in [-0.1, -0.05) is 86.4 Å². The molecule has 0 fully saturated rings. The highest BCUT2D eigenvalue weighted by atomic mass is 15.0. The molecule has 1 nitrogen and oxygen atoms in total. The van der Waals surface area contributed by atoms with Gasteiger partial charge in [0, 0.05) is 11.6 Å². The van der Waals surface area contributed by atoms with Crippen LogP contribution in [0.2, 0.25) is 0 Å². The zero-order chi connectivity index (χ0) is 16.7. The first kappa shape index (κ1) is 17.6. The van der Waals surface area contributed by atoms with Gasteiger partial charge in [0.15, 0.2) is 0 Å². The van der Waals surface area contributed by atoms with Crippen molar-refractivity contribution in [3.05, 3.63) is 71.0 Å². The van der Waals surface area contributed by atoms with E-state index in [0.29, 0.717) is 12.0 Å². The molecule has 1 aromatic rings. The molecule has 2 atom stereocenters. The lowest BCUT2D eigenvalue weighted by Crippen LogP contribution is -2.26. The Labute approximate surface area is 142 Å². The summed E-state index contributed by atoms with van der Waals surface area (Å²) in [6.45, 7) is 8.72. The molecule has 124 valence electrons. The van der Waals surface area contributed by atoms with Gasteiger partial charge in [0.2, 0.25) is 0 Å². The maximum atomic E-state index is 3.54. The summed E-state index contributed by atoms with van der Waals surface area (Å²) in [7, 11) is 0. The van der Waals surface area contributed by atoms with E-state index >= 15 is 0 Å². The van der Waals surface area contributed by atoms with Crippen LogP contribution in [0.3, 0.4) is 0 Å². The van der Waals surface area contributed by atoms with E-state index in [4.69, 9.17) is 0 Å². The van der Waals surface area contributed by atoms with Crippen LogP contribution in [0.15, 0.2) is 59.8 Å². The highest BCUT2D eigenvalue weighted by Crippen LogP contribution is 2.26. The topological polar surface area (TPSA) is 12.0 Å². The summed E-state index contributed by atoms with van der Waals surface area (Å²) < 4.78 is 0. The molecule has 1 heteroatoms. The highest BCUT2D eigenvalue weighted by molar-refractivity contribution is 5.33. The molecule has 0 saturated carbocycles. The van der Waals surface area contributed by atoms with Crippen molar-refractivity contribution in [1.29, 1.82) is 0 Å². The number of hydrogen-bond donors (Lipinski definition) is 1. The molecule has 1 aliphatic carbocycles. The zero-order valence-electron chi connectivity index (χ0n) is 15.1. The molecule has 0 saturated heterocycles. The fourth-order valence-corrected chi connectivity index (χ4v) is 3.11. The third-order valence-corrected chi connectivity index (χ3v) is 4.36. The van der Waals surface area contributed by atoms with Gasteiger partial charge in [-0.25, -0.2) is 0 Å². The first-order valence-corrected chi connectivity index (χ1v) is 9.01. The molecule has 0 amide bonds. The fourth-order valence-electron chi connectivity index (χ4n) is 3.11. The van der Waals surface area contributed by atoms with Crippen LogP contribution in [0.4, 0.5) is 0 Å². The van der Waals surface area contributed by atoms with Crippen molar-refractivity contribution in [2.75, 3.05) is 0 Å². The molecule has 3 rings (SSSR count). The predicted octanol–water partition coefficient (Wildman–Crippen LogP) is 5.72. The zero-order valence-corrected chi connectivity index (χ0v) is 15.1. The van der Waals surface area contributed by atoms with Crippen LogP contribution in [-0.4, -0.2) is 6.04 Å². The van der Waals surface area contributed by atoms with Gasteiger partial charge in [0.1, 0.15) is 0 Å². The van der Waals surface area contributed by atoms with Gasteiger partial charge in [0.05, 0.1) is 6.04 Å². The van der Waals surface area contributed by atoms with E-state index in [0.717, 1.165) is 0 Å². The van der Waals surface area contributed by atoms with Gasteiger partial charge in [-0.3, -0.25) is 0 Å². The summed E-state index contributed by atoms with van der Waals surface area (Å²) in [6, 6.07) is 9.29.